The van der Waals surface area contributed by atoms with Gasteiger partial charge in [-0.1, -0.05) is 6.92 Å². The lowest BCUT2D eigenvalue weighted by atomic mass is 10.2. The van der Waals surface area contributed by atoms with Crippen molar-refractivity contribution in [3.05, 3.63) is 11.6 Å². The minimum Gasteiger partial charge on any atom is -0.314 e. The van der Waals surface area contributed by atoms with E-state index in [1.165, 1.54) is 0 Å². The maximum absolute atomic E-state index is 4.31. The first-order valence-electron chi connectivity index (χ1n) is 6.61. The third-order valence-electron chi connectivity index (χ3n) is 3.11. The van der Waals surface area contributed by atoms with E-state index in [1.54, 1.807) is 0 Å². The van der Waals surface area contributed by atoms with Gasteiger partial charge >= 0.3 is 0 Å². The maximum atomic E-state index is 4.31. The molecular weight excluding hydrogens is 212 g/mol. The highest BCUT2D eigenvalue weighted by atomic mass is 15.3. The Bertz CT molecular complexity index is 333. The van der Waals surface area contributed by atoms with Crippen LogP contribution in [0.25, 0.3) is 0 Å². The number of aromatic nitrogens is 3. The largest absolute Gasteiger partial charge is 0.314 e. The van der Waals surface area contributed by atoms with Gasteiger partial charge in [-0.15, -0.1) is 10.2 Å². The van der Waals surface area contributed by atoms with Crippen LogP contribution in [0.4, 0.5) is 0 Å². The van der Waals surface area contributed by atoms with Crippen LogP contribution in [0.2, 0.25) is 0 Å². The van der Waals surface area contributed by atoms with E-state index in [4.69, 9.17) is 0 Å². The third-order valence-corrected chi connectivity index (χ3v) is 3.11. The second kappa shape index (κ2) is 6.15. The van der Waals surface area contributed by atoms with E-state index in [9.17, 15) is 0 Å². The molecule has 98 valence electrons. The van der Waals surface area contributed by atoms with Crippen LogP contribution in [0.15, 0.2) is 0 Å². The van der Waals surface area contributed by atoms with Crippen molar-refractivity contribution < 1.29 is 0 Å². The molecular formula is C13H26N4. The summed E-state index contributed by atoms with van der Waals surface area (Å²) in [4.78, 5) is 2.44. The van der Waals surface area contributed by atoms with Gasteiger partial charge in [-0.2, -0.15) is 0 Å². The number of nitrogens with zero attached hydrogens (tertiary/aromatic N) is 4. The quantitative estimate of drug-likeness (QED) is 0.764. The van der Waals surface area contributed by atoms with Gasteiger partial charge in [-0.3, -0.25) is 4.90 Å². The summed E-state index contributed by atoms with van der Waals surface area (Å²) < 4.78 is 2.23. The van der Waals surface area contributed by atoms with Gasteiger partial charge in [0.1, 0.15) is 11.6 Å². The third kappa shape index (κ3) is 3.53. The molecule has 1 aromatic rings. The normalized spacial score (nSPS) is 12.1. The van der Waals surface area contributed by atoms with Gasteiger partial charge < -0.3 is 4.57 Å². The SMILES string of the molecule is CCCn1c(C)nnc1CN(C(C)C)C(C)C. The highest BCUT2D eigenvalue weighted by Crippen LogP contribution is 2.12. The van der Waals surface area contributed by atoms with Crippen molar-refractivity contribution in [3.63, 3.8) is 0 Å². The van der Waals surface area contributed by atoms with Crippen LogP contribution in [0.3, 0.4) is 0 Å². The summed E-state index contributed by atoms with van der Waals surface area (Å²) in [5.41, 5.74) is 0. The molecule has 0 N–H and O–H groups in total. The van der Waals surface area contributed by atoms with Crippen LogP contribution in [0.1, 0.15) is 52.7 Å². The zero-order valence-corrected chi connectivity index (χ0v) is 12.1. The molecule has 0 fully saturated rings. The Balaban J connectivity index is 2.85. The van der Waals surface area contributed by atoms with Gasteiger partial charge in [-0.25, -0.2) is 0 Å². The highest BCUT2D eigenvalue weighted by Gasteiger charge is 2.17. The van der Waals surface area contributed by atoms with Crippen molar-refractivity contribution in [1.82, 2.24) is 19.7 Å². The smallest absolute Gasteiger partial charge is 0.147 e. The number of hydrogen-bond acceptors (Lipinski definition) is 3. The molecule has 0 aliphatic rings. The standard InChI is InChI=1S/C13H26N4/c1-7-8-16-12(6)14-15-13(16)9-17(10(2)3)11(4)5/h10-11H,7-9H2,1-6H3. The summed E-state index contributed by atoms with van der Waals surface area (Å²) in [6, 6.07) is 1.06. The molecule has 0 saturated carbocycles. The molecule has 0 aliphatic heterocycles. The fraction of sp³-hybridized carbons (Fsp3) is 0.846. The van der Waals surface area contributed by atoms with E-state index in [1.807, 2.05) is 6.92 Å². The Labute approximate surface area is 105 Å². The van der Waals surface area contributed by atoms with E-state index >= 15 is 0 Å². The fourth-order valence-corrected chi connectivity index (χ4v) is 2.18. The van der Waals surface area contributed by atoms with Crippen molar-refractivity contribution in [1.29, 1.82) is 0 Å². The predicted molar refractivity (Wildman–Crippen MR) is 70.9 cm³/mol. The molecule has 1 heterocycles. The Kier molecular flexibility index (Phi) is 5.12. The summed E-state index contributed by atoms with van der Waals surface area (Å²) >= 11 is 0. The Morgan fingerprint density at radius 2 is 1.71 bits per heavy atom. The van der Waals surface area contributed by atoms with Crippen LogP contribution in [0, 0.1) is 6.92 Å². The number of hydrogen-bond donors (Lipinski definition) is 0. The molecule has 0 unspecified atom stereocenters. The zero-order valence-electron chi connectivity index (χ0n) is 12.1. The summed E-state index contributed by atoms with van der Waals surface area (Å²) in [6.07, 6.45) is 1.12. The Hall–Kier alpha value is -0.900. The average Bonchev–Trinajstić information content (AvgIpc) is 2.57. The molecule has 1 rings (SSSR count). The lowest BCUT2D eigenvalue weighted by molar-refractivity contribution is 0.159. The first-order chi connectivity index (χ1) is 7.97. The van der Waals surface area contributed by atoms with E-state index in [2.05, 4.69) is 54.3 Å². The average molecular weight is 238 g/mol. The van der Waals surface area contributed by atoms with E-state index in [-0.39, 0.29) is 0 Å². The molecule has 0 saturated heterocycles. The second-order valence-corrected chi connectivity index (χ2v) is 5.17. The van der Waals surface area contributed by atoms with Gasteiger partial charge in [0.2, 0.25) is 0 Å². The van der Waals surface area contributed by atoms with E-state index in [0.29, 0.717) is 12.1 Å². The van der Waals surface area contributed by atoms with Crippen molar-refractivity contribution in [2.75, 3.05) is 0 Å². The van der Waals surface area contributed by atoms with Gasteiger partial charge in [0.05, 0.1) is 6.54 Å². The molecule has 1 aromatic heterocycles. The molecule has 0 aromatic carbocycles. The van der Waals surface area contributed by atoms with Gasteiger partial charge in [0.15, 0.2) is 0 Å². The summed E-state index contributed by atoms with van der Waals surface area (Å²) in [6.45, 7) is 15.0. The molecule has 0 bridgehead atoms. The summed E-state index contributed by atoms with van der Waals surface area (Å²) in [5.74, 6) is 2.11. The number of aryl methyl sites for hydroxylation is 1. The van der Waals surface area contributed by atoms with Crippen LogP contribution < -0.4 is 0 Å². The lowest BCUT2D eigenvalue weighted by Crippen LogP contribution is -2.37. The Morgan fingerprint density at radius 3 is 2.18 bits per heavy atom. The minimum atomic E-state index is 0.530. The molecule has 17 heavy (non-hydrogen) atoms. The molecule has 0 radical (unpaired) electrons. The zero-order chi connectivity index (χ0) is 13.0. The molecule has 0 spiro atoms. The Morgan fingerprint density at radius 1 is 1.12 bits per heavy atom. The molecule has 4 nitrogen and oxygen atoms in total. The molecule has 0 amide bonds. The second-order valence-electron chi connectivity index (χ2n) is 5.17. The monoisotopic (exact) mass is 238 g/mol. The van der Waals surface area contributed by atoms with Gasteiger partial charge in [0.25, 0.3) is 0 Å². The van der Waals surface area contributed by atoms with Crippen LogP contribution in [0.5, 0.6) is 0 Å². The first-order valence-corrected chi connectivity index (χ1v) is 6.61. The highest BCUT2D eigenvalue weighted by molar-refractivity contribution is 4.94. The number of rotatable bonds is 6. The summed E-state index contributed by atoms with van der Waals surface area (Å²) in [5, 5.41) is 8.50. The van der Waals surface area contributed by atoms with E-state index in [0.717, 1.165) is 31.2 Å². The maximum Gasteiger partial charge on any atom is 0.147 e. The van der Waals surface area contributed by atoms with Crippen LogP contribution in [-0.2, 0) is 13.1 Å². The molecule has 0 aliphatic carbocycles. The lowest BCUT2D eigenvalue weighted by Gasteiger charge is -2.30. The fourth-order valence-electron chi connectivity index (χ4n) is 2.18. The van der Waals surface area contributed by atoms with Crippen molar-refractivity contribution >= 4 is 0 Å². The summed E-state index contributed by atoms with van der Waals surface area (Å²) in [7, 11) is 0. The predicted octanol–water partition coefficient (Wildman–Crippen LogP) is 2.62. The van der Waals surface area contributed by atoms with Crippen LogP contribution >= 0.6 is 0 Å². The topological polar surface area (TPSA) is 34.0 Å². The van der Waals surface area contributed by atoms with Crippen molar-refractivity contribution in [3.8, 4) is 0 Å². The van der Waals surface area contributed by atoms with Crippen LogP contribution in [-0.4, -0.2) is 31.7 Å². The van der Waals surface area contributed by atoms with Crippen molar-refractivity contribution in [2.24, 2.45) is 0 Å². The molecule has 0 atom stereocenters. The van der Waals surface area contributed by atoms with E-state index < -0.39 is 0 Å². The molecule has 4 heteroatoms. The first kappa shape index (κ1) is 14.2. The minimum absolute atomic E-state index is 0.530. The van der Waals surface area contributed by atoms with Crippen molar-refractivity contribution in [2.45, 2.75) is 73.1 Å². The van der Waals surface area contributed by atoms with Gasteiger partial charge in [-0.05, 0) is 41.0 Å². The van der Waals surface area contributed by atoms with Gasteiger partial charge in [0, 0.05) is 18.6 Å².